The summed E-state index contributed by atoms with van der Waals surface area (Å²) in [6, 6.07) is 16.9. The number of nitrogens with zero attached hydrogens (tertiary/aromatic N) is 2. The molecule has 1 heterocycles. The third-order valence-electron chi connectivity index (χ3n) is 5.86. The largest absolute Gasteiger partial charge is 0.493 e. The second-order valence-corrected chi connectivity index (χ2v) is 10.3. The summed E-state index contributed by atoms with van der Waals surface area (Å²) >= 11 is 0. The molecule has 0 saturated carbocycles. The van der Waals surface area contributed by atoms with Gasteiger partial charge in [0.1, 0.15) is 29.4 Å². The van der Waals surface area contributed by atoms with Gasteiger partial charge in [-0.1, -0.05) is 31.7 Å². The van der Waals surface area contributed by atoms with E-state index in [1.807, 2.05) is 55.1 Å². The van der Waals surface area contributed by atoms with Crippen molar-refractivity contribution in [1.29, 1.82) is 0 Å². The highest BCUT2D eigenvalue weighted by molar-refractivity contribution is 7.90. The topological polar surface area (TPSA) is 76.2 Å². The SMILES string of the molecule is C=C1N(C)c2cc(CS(=O)(=O)c3cccc(C=O)c3)c(Oc3cccc(OCCC)c3)cc2N1C. The van der Waals surface area contributed by atoms with Gasteiger partial charge in [-0.25, -0.2) is 8.42 Å². The Labute approximate surface area is 206 Å². The molecule has 0 amide bonds. The summed E-state index contributed by atoms with van der Waals surface area (Å²) in [7, 11) is 0.0174. The number of ether oxygens (including phenoxy) is 2. The molecule has 182 valence electrons. The predicted octanol–water partition coefficient (Wildman–Crippen LogP) is 5.41. The number of hydrogen-bond acceptors (Lipinski definition) is 7. The van der Waals surface area contributed by atoms with Gasteiger partial charge in [-0.3, -0.25) is 4.79 Å². The third-order valence-corrected chi connectivity index (χ3v) is 7.52. The van der Waals surface area contributed by atoms with E-state index in [1.165, 1.54) is 12.1 Å². The van der Waals surface area contributed by atoms with Gasteiger partial charge in [-0.05, 0) is 36.8 Å². The van der Waals surface area contributed by atoms with Gasteiger partial charge < -0.3 is 19.3 Å². The molecule has 0 aromatic heterocycles. The molecular weight excluding hydrogens is 464 g/mol. The van der Waals surface area contributed by atoms with Gasteiger partial charge in [0, 0.05) is 37.4 Å². The van der Waals surface area contributed by atoms with Gasteiger partial charge in [0.2, 0.25) is 0 Å². The van der Waals surface area contributed by atoms with Crippen LogP contribution in [0.5, 0.6) is 17.2 Å². The van der Waals surface area contributed by atoms with Gasteiger partial charge >= 0.3 is 0 Å². The first-order valence-corrected chi connectivity index (χ1v) is 12.9. The number of aldehydes is 1. The van der Waals surface area contributed by atoms with Crippen LogP contribution in [0.2, 0.25) is 0 Å². The summed E-state index contributed by atoms with van der Waals surface area (Å²) in [6.45, 7) is 6.72. The van der Waals surface area contributed by atoms with E-state index >= 15 is 0 Å². The molecule has 0 saturated heterocycles. The molecule has 0 aliphatic carbocycles. The lowest BCUT2D eigenvalue weighted by Crippen LogP contribution is -2.20. The zero-order chi connectivity index (χ0) is 25.2. The zero-order valence-corrected chi connectivity index (χ0v) is 20.8. The van der Waals surface area contributed by atoms with E-state index in [0.717, 1.165) is 23.6 Å². The Balaban J connectivity index is 1.76. The fourth-order valence-corrected chi connectivity index (χ4v) is 5.30. The van der Waals surface area contributed by atoms with Crippen LogP contribution in [0.1, 0.15) is 29.3 Å². The van der Waals surface area contributed by atoms with E-state index in [-0.39, 0.29) is 10.6 Å². The number of fused-ring (bicyclic) bond motifs is 1. The fraction of sp³-hybridized carbons (Fsp3) is 0.222. The maximum absolute atomic E-state index is 13.3. The highest BCUT2D eigenvalue weighted by Crippen LogP contribution is 2.44. The number of anilines is 2. The molecule has 0 bridgehead atoms. The quantitative estimate of drug-likeness (QED) is 0.370. The molecular formula is C27H28N2O5S. The lowest BCUT2D eigenvalue weighted by Gasteiger charge is -2.17. The van der Waals surface area contributed by atoms with E-state index in [4.69, 9.17) is 9.47 Å². The van der Waals surface area contributed by atoms with Crippen LogP contribution in [0, 0.1) is 0 Å². The first-order chi connectivity index (χ1) is 16.7. The van der Waals surface area contributed by atoms with Crippen LogP contribution in [0.25, 0.3) is 0 Å². The van der Waals surface area contributed by atoms with Crippen LogP contribution >= 0.6 is 0 Å². The standard InChI is InChI=1S/C27H28N2O5S/c1-5-12-33-22-9-7-10-23(15-22)34-27-16-26-25(28(3)19(2)29(26)4)14-21(27)18-35(31,32)24-11-6-8-20(13-24)17-30/h6-11,13-17H,2,5,12,18H2,1,3-4H3. The molecule has 0 spiro atoms. The van der Waals surface area contributed by atoms with Gasteiger partial charge in [-0.2, -0.15) is 0 Å². The number of carbonyl (C=O) groups is 1. The molecule has 0 N–H and O–H groups in total. The molecule has 1 aliphatic rings. The molecule has 3 aromatic rings. The van der Waals surface area contributed by atoms with Crippen LogP contribution in [0.4, 0.5) is 11.4 Å². The van der Waals surface area contributed by atoms with E-state index in [9.17, 15) is 13.2 Å². The van der Waals surface area contributed by atoms with Crippen molar-refractivity contribution in [1.82, 2.24) is 0 Å². The maximum atomic E-state index is 13.3. The van der Waals surface area contributed by atoms with Gasteiger partial charge in [0.25, 0.3) is 0 Å². The van der Waals surface area contributed by atoms with Gasteiger partial charge in [0.15, 0.2) is 9.84 Å². The first-order valence-electron chi connectivity index (χ1n) is 11.3. The molecule has 0 radical (unpaired) electrons. The van der Waals surface area contributed by atoms with Crippen LogP contribution in [0.15, 0.2) is 78.0 Å². The molecule has 4 rings (SSSR count). The monoisotopic (exact) mass is 492 g/mol. The van der Waals surface area contributed by atoms with Gasteiger partial charge in [0.05, 0.1) is 28.6 Å². The molecule has 0 atom stereocenters. The Bertz CT molecular complexity index is 1380. The summed E-state index contributed by atoms with van der Waals surface area (Å²) in [4.78, 5) is 15.1. The van der Waals surface area contributed by atoms with Crippen LogP contribution in [-0.4, -0.2) is 35.4 Å². The summed E-state index contributed by atoms with van der Waals surface area (Å²) < 4.78 is 38.6. The lowest BCUT2D eigenvalue weighted by molar-refractivity contribution is 0.112. The average Bonchev–Trinajstić information content (AvgIpc) is 3.06. The Kier molecular flexibility index (Phi) is 6.84. The number of benzene rings is 3. The highest BCUT2D eigenvalue weighted by atomic mass is 32.2. The van der Waals surface area contributed by atoms with Crippen molar-refractivity contribution >= 4 is 27.5 Å². The van der Waals surface area contributed by atoms with E-state index in [2.05, 4.69) is 6.58 Å². The molecule has 0 fully saturated rings. The summed E-state index contributed by atoms with van der Waals surface area (Å²) in [5, 5.41) is 0. The molecule has 35 heavy (non-hydrogen) atoms. The smallest absolute Gasteiger partial charge is 0.182 e. The third kappa shape index (κ3) is 5.02. The minimum atomic E-state index is -3.76. The number of hydrogen-bond donors (Lipinski definition) is 0. The summed E-state index contributed by atoms with van der Waals surface area (Å²) in [5.74, 6) is 2.10. The average molecular weight is 493 g/mol. The predicted molar refractivity (Wildman–Crippen MR) is 137 cm³/mol. The van der Waals surface area contributed by atoms with Crippen molar-refractivity contribution in [3.63, 3.8) is 0 Å². The number of sulfone groups is 1. The minimum Gasteiger partial charge on any atom is -0.493 e. The maximum Gasteiger partial charge on any atom is 0.182 e. The summed E-state index contributed by atoms with van der Waals surface area (Å²) in [5.41, 5.74) is 2.49. The lowest BCUT2D eigenvalue weighted by atomic mass is 10.1. The Hall–Kier alpha value is -3.78. The van der Waals surface area contributed by atoms with Crippen LogP contribution in [-0.2, 0) is 15.6 Å². The van der Waals surface area contributed by atoms with Crippen molar-refractivity contribution < 1.29 is 22.7 Å². The molecule has 0 unspecified atom stereocenters. The normalized spacial score (nSPS) is 13.1. The van der Waals surface area contributed by atoms with E-state index in [1.54, 1.807) is 24.3 Å². The van der Waals surface area contributed by atoms with Gasteiger partial charge in [-0.15, -0.1) is 0 Å². The van der Waals surface area contributed by atoms with Crippen LogP contribution < -0.4 is 19.3 Å². The van der Waals surface area contributed by atoms with E-state index < -0.39 is 9.84 Å². The molecule has 8 heteroatoms. The Morgan fingerprint density at radius 2 is 1.63 bits per heavy atom. The zero-order valence-electron chi connectivity index (χ0n) is 20.0. The van der Waals surface area contributed by atoms with E-state index in [0.29, 0.717) is 41.3 Å². The Morgan fingerprint density at radius 3 is 2.34 bits per heavy atom. The van der Waals surface area contributed by atoms with Crippen molar-refractivity contribution in [2.24, 2.45) is 0 Å². The van der Waals surface area contributed by atoms with Crippen molar-refractivity contribution in [3.05, 3.63) is 84.2 Å². The Morgan fingerprint density at radius 1 is 0.943 bits per heavy atom. The number of rotatable bonds is 9. The fourth-order valence-electron chi connectivity index (χ4n) is 3.89. The summed E-state index contributed by atoms with van der Waals surface area (Å²) in [6.07, 6.45) is 1.51. The molecule has 3 aromatic carbocycles. The van der Waals surface area contributed by atoms with Crippen molar-refractivity contribution in [2.75, 3.05) is 30.5 Å². The first kappa shape index (κ1) is 24.3. The minimum absolute atomic E-state index is 0.0818. The second kappa shape index (κ2) is 9.84. The molecule has 7 nitrogen and oxygen atoms in total. The van der Waals surface area contributed by atoms with Crippen LogP contribution in [0.3, 0.4) is 0 Å². The van der Waals surface area contributed by atoms with Crippen molar-refractivity contribution in [2.45, 2.75) is 24.0 Å². The highest BCUT2D eigenvalue weighted by Gasteiger charge is 2.29. The molecule has 1 aliphatic heterocycles. The second-order valence-electron chi connectivity index (χ2n) is 8.36. The van der Waals surface area contributed by atoms with Crippen molar-refractivity contribution in [3.8, 4) is 17.2 Å². The number of carbonyl (C=O) groups excluding carboxylic acids is 1.